The Balaban J connectivity index is 0.00000364. The van der Waals surface area contributed by atoms with Gasteiger partial charge in [0, 0.05) is 24.7 Å². The fourth-order valence-electron chi connectivity index (χ4n) is 3.09. The molecule has 1 amide bonds. The third-order valence-electron chi connectivity index (χ3n) is 4.55. The average Bonchev–Trinajstić information content (AvgIpc) is 2.87. The van der Waals surface area contributed by atoms with Gasteiger partial charge in [0.05, 0.1) is 5.75 Å². The van der Waals surface area contributed by atoms with Gasteiger partial charge in [-0.15, -0.1) is 12.4 Å². The van der Waals surface area contributed by atoms with Crippen LogP contribution in [-0.4, -0.2) is 39.2 Å². The second-order valence-electron chi connectivity index (χ2n) is 6.66. The first-order chi connectivity index (χ1) is 12.4. The van der Waals surface area contributed by atoms with Crippen molar-refractivity contribution in [2.45, 2.75) is 56.1 Å². The van der Waals surface area contributed by atoms with E-state index in [1.165, 1.54) is 62.8 Å². The van der Waals surface area contributed by atoms with Crippen LogP contribution < -0.4 is 10.6 Å². The molecule has 27 heavy (non-hydrogen) atoms. The molecule has 0 bridgehead atoms. The maximum absolute atomic E-state index is 12.4. The molecule has 1 fully saturated rings. The zero-order chi connectivity index (χ0) is 19.0. The van der Waals surface area contributed by atoms with E-state index in [-0.39, 0.29) is 23.9 Å². The summed E-state index contributed by atoms with van der Waals surface area (Å²) in [4.78, 5) is 12.1. The van der Waals surface area contributed by atoms with Gasteiger partial charge in [-0.25, -0.2) is 8.42 Å². The van der Waals surface area contributed by atoms with Crippen molar-refractivity contribution in [1.82, 2.24) is 10.6 Å². The van der Waals surface area contributed by atoms with E-state index >= 15 is 0 Å². The van der Waals surface area contributed by atoms with Crippen molar-refractivity contribution in [3.8, 4) is 0 Å². The number of hydrogen-bond acceptors (Lipinski definition) is 4. The number of carbonyl (C=O) groups is 1. The first-order valence-electron chi connectivity index (χ1n) is 8.99. The molecule has 1 aromatic carbocycles. The van der Waals surface area contributed by atoms with Gasteiger partial charge in [0.15, 0.2) is 0 Å². The van der Waals surface area contributed by atoms with Crippen LogP contribution in [0.5, 0.6) is 0 Å². The molecule has 2 rings (SSSR count). The molecule has 1 saturated carbocycles. The summed E-state index contributed by atoms with van der Waals surface area (Å²) in [7, 11) is -4.46. The lowest BCUT2D eigenvalue weighted by Crippen LogP contribution is -2.36. The quantitative estimate of drug-likeness (QED) is 0.496. The zero-order valence-electron chi connectivity index (χ0n) is 15.1. The van der Waals surface area contributed by atoms with Crippen LogP contribution in [0.25, 0.3) is 0 Å². The summed E-state index contributed by atoms with van der Waals surface area (Å²) in [5, 5.41) is 6.26. The normalized spacial score (nSPS) is 15.8. The SMILES string of the molecule is Cl.O=C(NCCNC1CCCCCC1)c1ccc(CS(=O)(=O)C(F)F)cc1. The van der Waals surface area contributed by atoms with Crippen LogP contribution in [0, 0.1) is 0 Å². The molecular weight excluding hydrogens is 398 g/mol. The van der Waals surface area contributed by atoms with E-state index < -0.39 is 21.3 Å². The highest BCUT2D eigenvalue weighted by Gasteiger charge is 2.24. The Bertz CT molecular complexity index is 676. The van der Waals surface area contributed by atoms with E-state index in [0.29, 0.717) is 24.7 Å². The molecule has 5 nitrogen and oxygen atoms in total. The van der Waals surface area contributed by atoms with Crippen LogP contribution in [0.1, 0.15) is 54.4 Å². The third kappa shape index (κ3) is 8.11. The smallest absolute Gasteiger partial charge is 0.337 e. The monoisotopic (exact) mass is 424 g/mol. The summed E-state index contributed by atoms with van der Waals surface area (Å²) in [5.74, 6) is -4.40. The number of rotatable bonds is 8. The number of carbonyl (C=O) groups excluding carboxylic acids is 1. The highest BCUT2D eigenvalue weighted by Crippen LogP contribution is 2.17. The van der Waals surface area contributed by atoms with Crippen molar-refractivity contribution in [3.63, 3.8) is 0 Å². The van der Waals surface area contributed by atoms with Crippen LogP contribution >= 0.6 is 12.4 Å². The van der Waals surface area contributed by atoms with Gasteiger partial charge in [-0.2, -0.15) is 8.78 Å². The van der Waals surface area contributed by atoms with Gasteiger partial charge in [0.2, 0.25) is 9.84 Å². The van der Waals surface area contributed by atoms with Crippen LogP contribution in [0.15, 0.2) is 24.3 Å². The van der Waals surface area contributed by atoms with Gasteiger partial charge in [0.1, 0.15) is 0 Å². The summed E-state index contributed by atoms with van der Waals surface area (Å²) in [6, 6.07) is 6.19. The minimum Gasteiger partial charge on any atom is -0.351 e. The van der Waals surface area contributed by atoms with Gasteiger partial charge in [-0.1, -0.05) is 37.8 Å². The summed E-state index contributed by atoms with van der Waals surface area (Å²) >= 11 is 0. The fraction of sp³-hybridized carbons (Fsp3) is 0.611. The Morgan fingerprint density at radius 1 is 1.04 bits per heavy atom. The minimum atomic E-state index is -4.46. The number of benzene rings is 1. The van der Waals surface area contributed by atoms with Gasteiger partial charge < -0.3 is 10.6 Å². The molecule has 0 spiro atoms. The molecule has 0 aliphatic heterocycles. The Labute approximate surface area is 165 Å². The van der Waals surface area contributed by atoms with Crippen LogP contribution in [0.3, 0.4) is 0 Å². The largest absolute Gasteiger partial charge is 0.351 e. The van der Waals surface area contributed by atoms with Crippen molar-refractivity contribution < 1.29 is 22.0 Å². The van der Waals surface area contributed by atoms with E-state index in [1.807, 2.05) is 0 Å². The van der Waals surface area contributed by atoms with Crippen molar-refractivity contribution in [2.75, 3.05) is 13.1 Å². The average molecular weight is 425 g/mol. The van der Waals surface area contributed by atoms with E-state index in [2.05, 4.69) is 10.6 Å². The minimum absolute atomic E-state index is 0. The van der Waals surface area contributed by atoms with Crippen molar-refractivity contribution >= 4 is 28.2 Å². The highest BCUT2D eigenvalue weighted by molar-refractivity contribution is 7.90. The molecule has 0 radical (unpaired) electrons. The lowest BCUT2D eigenvalue weighted by molar-refractivity contribution is 0.0953. The van der Waals surface area contributed by atoms with Crippen LogP contribution in [0.4, 0.5) is 8.78 Å². The highest BCUT2D eigenvalue weighted by atomic mass is 35.5. The van der Waals surface area contributed by atoms with E-state index in [9.17, 15) is 22.0 Å². The lowest BCUT2D eigenvalue weighted by atomic mass is 10.1. The lowest BCUT2D eigenvalue weighted by Gasteiger charge is -2.16. The van der Waals surface area contributed by atoms with Gasteiger partial charge in [-0.05, 0) is 30.5 Å². The number of amides is 1. The molecule has 0 heterocycles. The Morgan fingerprint density at radius 2 is 1.63 bits per heavy atom. The zero-order valence-corrected chi connectivity index (χ0v) is 16.8. The van der Waals surface area contributed by atoms with Crippen LogP contribution in [0.2, 0.25) is 0 Å². The van der Waals surface area contributed by atoms with Crippen molar-refractivity contribution in [3.05, 3.63) is 35.4 Å². The van der Waals surface area contributed by atoms with Crippen molar-refractivity contribution in [2.24, 2.45) is 0 Å². The third-order valence-corrected chi connectivity index (χ3v) is 5.83. The maximum Gasteiger partial charge on any atom is 0.337 e. The van der Waals surface area contributed by atoms with Gasteiger partial charge in [-0.3, -0.25) is 4.79 Å². The number of nitrogens with one attached hydrogen (secondary N) is 2. The Kier molecular flexibility index (Phi) is 10.2. The number of sulfone groups is 1. The first kappa shape index (κ1) is 23.8. The maximum atomic E-state index is 12.4. The second-order valence-corrected chi connectivity index (χ2v) is 8.63. The molecular formula is C18H27ClF2N2O3S. The van der Waals surface area contributed by atoms with E-state index in [4.69, 9.17) is 0 Å². The topological polar surface area (TPSA) is 75.3 Å². The summed E-state index contributed by atoms with van der Waals surface area (Å²) in [6.07, 6.45) is 7.44. The summed E-state index contributed by atoms with van der Waals surface area (Å²) < 4.78 is 47.2. The number of halogens is 3. The number of alkyl halides is 2. The second kappa shape index (κ2) is 11.6. The molecule has 0 atom stereocenters. The van der Waals surface area contributed by atoms with E-state index in [0.717, 1.165) is 0 Å². The van der Waals surface area contributed by atoms with Crippen molar-refractivity contribution in [1.29, 1.82) is 0 Å². The van der Waals surface area contributed by atoms with Gasteiger partial charge in [0.25, 0.3) is 5.91 Å². The van der Waals surface area contributed by atoms with Crippen LogP contribution in [-0.2, 0) is 15.6 Å². The molecule has 0 aromatic heterocycles. The first-order valence-corrected chi connectivity index (χ1v) is 10.7. The Hall–Kier alpha value is -1.25. The molecule has 0 saturated heterocycles. The predicted octanol–water partition coefficient (Wildman–Crippen LogP) is 3.29. The number of hydrogen-bond donors (Lipinski definition) is 2. The molecule has 9 heteroatoms. The standard InChI is InChI=1S/C18H26F2N2O3S.ClH/c19-18(20)26(24,25)13-14-7-9-15(10-8-14)17(23)22-12-11-21-16-5-3-1-2-4-6-16;/h7-10,16,18,21H,1-6,11-13H2,(H,22,23);1H. The summed E-state index contributed by atoms with van der Waals surface area (Å²) in [5.41, 5.74) is 0.606. The molecule has 1 aliphatic carbocycles. The molecule has 1 aromatic rings. The Morgan fingerprint density at radius 3 is 2.19 bits per heavy atom. The predicted molar refractivity (Wildman–Crippen MR) is 104 cm³/mol. The molecule has 154 valence electrons. The van der Waals surface area contributed by atoms with E-state index in [1.54, 1.807) is 0 Å². The molecule has 1 aliphatic rings. The molecule has 2 N–H and O–H groups in total. The van der Waals surface area contributed by atoms with Gasteiger partial charge >= 0.3 is 5.76 Å². The summed E-state index contributed by atoms with van der Waals surface area (Å²) in [6.45, 7) is 1.19. The molecule has 0 unspecified atom stereocenters. The fourth-order valence-corrected chi connectivity index (χ4v) is 3.87.